The van der Waals surface area contributed by atoms with Crippen molar-refractivity contribution in [2.75, 3.05) is 4.90 Å². The molecule has 2 saturated heterocycles. The van der Waals surface area contributed by atoms with Crippen LogP contribution in [0.15, 0.2) is 60.2 Å². The van der Waals surface area contributed by atoms with E-state index in [1.165, 1.54) is 29.2 Å². The molecule has 0 aromatic heterocycles. The molecular weight excluding hydrogens is 582 g/mol. The zero-order chi connectivity index (χ0) is 29.6. The highest BCUT2D eigenvalue weighted by molar-refractivity contribution is 6.58. The molecule has 2 saturated carbocycles. The number of imide groups is 2. The number of anilines is 1. The number of allylic oxidation sites excluding steroid dienone is 2. The molecule has 2 aromatic carbocycles. The molecule has 218 valence electrons. The minimum absolute atomic E-state index is 0.0629. The Bertz CT molecular complexity index is 1560. The summed E-state index contributed by atoms with van der Waals surface area (Å²) in [5, 5.41) is 10.4. The van der Waals surface area contributed by atoms with E-state index in [4.69, 9.17) is 23.2 Å². The van der Waals surface area contributed by atoms with Crippen LogP contribution in [0.1, 0.15) is 56.4 Å². The van der Waals surface area contributed by atoms with Gasteiger partial charge in [0.05, 0.1) is 17.5 Å². The minimum Gasteiger partial charge on any atom is -0.508 e. The lowest BCUT2D eigenvalue weighted by molar-refractivity contribution is -0.143. The first-order chi connectivity index (χ1) is 20.1. The van der Waals surface area contributed by atoms with Crippen molar-refractivity contribution in [3.8, 4) is 5.75 Å². The molecule has 7 nitrogen and oxygen atoms in total. The summed E-state index contributed by atoms with van der Waals surface area (Å²) < 4.78 is 13.8. The summed E-state index contributed by atoms with van der Waals surface area (Å²) in [4.78, 5) is 54.6. The summed E-state index contributed by atoms with van der Waals surface area (Å²) in [5.41, 5.74) is 1.26. The van der Waals surface area contributed by atoms with Crippen LogP contribution in [-0.2, 0) is 19.2 Å². The Morgan fingerprint density at radius 1 is 0.881 bits per heavy atom. The first-order valence-electron chi connectivity index (χ1n) is 14.5. The first-order valence-corrected chi connectivity index (χ1v) is 15.2. The van der Waals surface area contributed by atoms with Crippen molar-refractivity contribution in [2.45, 2.75) is 66.7 Å². The number of fused-ring (bicyclic) bond motifs is 4. The Morgan fingerprint density at radius 2 is 1.60 bits per heavy atom. The summed E-state index contributed by atoms with van der Waals surface area (Å²) in [6.45, 7) is 0. The average molecular weight is 611 g/mol. The highest BCUT2D eigenvalue weighted by Crippen LogP contribution is 2.66. The number of hydrogen-bond acceptors (Lipinski definition) is 5. The van der Waals surface area contributed by atoms with Crippen molar-refractivity contribution in [3.63, 3.8) is 0 Å². The molecule has 7 rings (SSSR count). The van der Waals surface area contributed by atoms with E-state index in [2.05, 4.69) is 0 Å². The van der Waals surface area contributed by atoms with Crippen molar-refractivity contribution in [1.82, 2.24) is 4.90 Å². The summed E-state index contributed by atoms with van der Waals surface area (Å²) in [6, 6.07) is 11.1. The normalized spacial score (nSPS) is 34.8. The van der Waals surface area contributed by atoms with Gasteiger partial charge in [-0.05, 0) is 73.6 Å². The van der Waals surface area contributed by atoms with E-state index < -0.39 is 51.1 Å². The van der Waals surface area contributed by atoms with Crippen LogP contribution in [0.4, 0.5) is 10.1 Å². The number of alkyl halides is 2. The lowest BCUT2D eigenvalue weighted by Crippen LogP contribution is -2.60. The predicted molar refractivity (Wildman–Crippen MR) is 153 cm³/mol. The van der Waals surface area contributed by atoms with Gasteiger partial charge in [0.1, 0.15) is 11.6 Å². The Labute approximate surface area is 252 Å². The highest BCUT2D eigenvalue weighted by atomic mass is 35.5. The summed E-state index contributed by atoms with van der Waals surface area (Å²) in [5.74, 6) is -5.49. The molecule has 5 aliphatic rings. The lowest BCUT2D eigenvalue weighted by Gasteiger charge is -2.50. The zero-order valence-corrected chi connectivity index (χ0v) is 24.2. The molecule has 10 heteroatoms. The Morgan fingerprint density at radius 3 is 2.29 bits per heavy atom. The molecule has 0 radical (unpaired) electrons. The number of halogens is 3. The van der Waals surface area contributed by atoms with Gasteiger partial charge >= 0.3 is 0 Å². The second kappa shape index (κ2) is 9.64. The van der Waals surface area contributed by atoms with Crippen molar-refractivity contribution in [1.29, 1.82) is 0 Å². The number of benzene rings is 2. The zero-order valence-electron chi connectivity index (χ0n) is 22.6. The van der Waals surface area contributed by atoms with Crippen LogP contribution < -0.4 is 4.90 Å². The van der Waals surface area contributed by atoms with Crippen molar-refractivity contribution < 1.29 is 28.7 Å². The Kier molecular flexibility index (Phi) is 6.34. The number of hydrogen-bond donors (Lipinski definition) is 1. The second-order valence-corrected chi connectivity index (χ2v) is 13.4. The molecule has 4 amide bonds. The number of carbonyl (C=O) groups is 4. The number of phenolic OH excluding ortho intramolecular Hbond substituents is 1. The number of amides is 4. The lowest BCUT2D eigenvalue weighted by atomic mass is 9.56. The molecule has 2 aliphatic heterocycles. The smallest absolute Gasteiger partial charge is 0.258 e. The predicted octanol–water partition coefficient (Wildman–Crippen LogP) is 5.43. The van der Waals surface area contributed by atoms with E-state index in [1.807, 2.05) is 6.08 Å². The molecule has 4 fully saturated rings. The van der Waals surface area contributed by atoms with Crippen LogP contribution in [0.25, 0.3) is 0 Å². The van der Waals surface area contributed by atoms with Gasteiger partial charge in [-0.3, -0.25) is 24.1 Å². The second-order valence-electron chi connectivity index (χ2n) is 12.2. The fraction of sp³-hybridized carbons (Fsp3) is 0.438. The van der Waals surface area contributed by atoms with E-state index in [-0.39, 0.29) is 35.7 Å². The quantitative estimate of drug-likeness (QED) is 0.284. The van der Waals surface area contributed by atoms with Crippen LogP contribution in [0.3, 0.4) is 0 Å². The van der Waals surface area contributed by atoms with Gasteiger partial charge in [0.15, 0.2) is 9.75 Å². The number of carbonyl (C=O) groups excluding carboxylic acids is 4. The SMILES string of the molecule is O=C1[C@H]2[C@H](CC=C3[C@H]2C[C@@]2(Cl)C(=O)N(c4ccc(F)cc4)C(=O)[C@@]2(Cl)[C@H]3c2cccc(O)c2)C(=O)N1C1CCCCC1. The van der Waals surface area contributed by atoms with Gasteiger partial charge in [0.25, 0.3) is 11.8 Å². The first kappa shape index (κ1) is 27.6. The monoisotopic (exact) mass is 610 g/mol. The number of phenols is 1. The third-order valence-electron chi connectivity index (χ3n) is 10.1. The molecule has 0 bridgehead atoms. The molecule has 0 spiro atoms. The van der Waals surface area contributed by atoms with Gasteiger partial charge < -0.3 is 5.11 Å². The van der Waals surface area contributed by atoms with Gasteiger partial charge in [-0.2, -0.15) is 0 Å². The summed E-state index contributed by atoms with van der Waals surface area (Å²) >= 11 is 14.6. The molecule has 6 atom stereocenters. The maximum absolute atomic E-state index is 14.3. The fourth-order valence-electron chi connectivity index (χ4n) is 8.20. The van der Waals surface area contributed by atoms with Crippen LogP contribution in [0, 0.1) is 23.6 Å². The van der Waals surface area contributed by atoms with Crippen LogP contribution >= 0.6 is 23.2 Å². The third kappa shape index (κ3) is 3.63. The fourth-order valence-corrected chi connectivity index (χ4v) is 9.14. The maximum Gasteiger partial charge on any atom is 0.258 e. The van der Waals surface area contributed by atoms with Gasteiger partial charge in [0, 0.05) is 12.0 Å². The Balaban J connectivity index is 1.37. The van der Waals surface area contributed by atoms with Crippen molar-refractivity contribution >= 4 is 52.5 Å². The standard InChI is InChI=1S/C32H29Cl2FN2O5/c33-31-16-24-22(13-14-23-25(24)28(40)36(27(23)39)19-6-2-1-3-7-19)26(17-5-4-8-21(38)15-17)32(31,34)30(42)37(29(31)41)20-11-9-18(35)10-12-20/h4-5,8-13,15,19,23-26,38H,1-3,6-7,14,16H2/t23-,24+,25-,26-,31+,32-/m0/s1. The minimum atomic E-state index is -2.02. The number of aromatic hydroxyl groups is 1. The molecule has 2 aromatic rings. The average Bonchev–Trinajstić information content (AvgIpc) is 3.32. The molecule has 42 heavy (non-hydrogen) atoms. The van der Waals surface area contributed by atoms with Crippen LogP contribution in [0.5, 0.6) is 5.75 Å². The Hall–Kier alpha value is -3.23. The molecule has 0 unspecified atom stereocenters. The van der Waals surface area contributed by atoms with Crippen LogP contribution in [0.2, 0.25) is 0 Å². The molecule has 1 N–H and O–H groups in total. The molecular formula is C32H29Cl2FN2O5. The van der Waals surface area contributed by atoms with E-state index in [0.29, 0.717) is 17.6 Å². The van der Waals surface area contributed by atoms with Gasteiger partial charge in [-0.15, -0.1) is 23.2 Å². The van der Waals surface area contributed by atoms with E-state index in [0.717, 1.165) is 49.1 Å². The van der Waals surface area contributed by atoms with Crippen LogP contribution in [-0.4, -0.2) is 49.4 Å². The van der Waals surface area contributed by atoms with Crippen molar-refractivity contribution in [2.24, 2.45) is 17.8 Å². The molecule has 3 aliphatic carbocycles. The third-order valence-corrected chi connectivity index (χ3v) is 11.5. The number of nitrogens with zero attached hydrogens (tertiary/aromatic N) is 2. The van der Waals surface area contributed by atoms with Crippen molar-refractivity contribution in [3.05, 3.63) is 71.6 Å². The summed E-state index contributed by atoms with van der Waals surface area (Å²) in [6.07, 6.45) is 6.60. The molecule has 2 heterocycles. The highest BCUT2D eigenvalue weighted by Gasteiger charge is 2.76. The topological polar surface area (TPSA) is 95.0 Å². The number of rotatable bonds is 3. The van der Waals surface area contributed by atoms with E-state index in [1.54, 1.807) is 12.1 Å². The largest absolute Gasteiger partial charge is 0.508 e. The summed E-state index contributed by atoms with van der Waals surface area (Å²) in [7, 11) is 0. The van der Waals surface area contributed by atoms with Gasteiger partial charge in [-0.1, -0.05) is 43.0 Å². The van der Waals surface area contributed by atoms with E-state index in [9.17, 15) is 28.7 Å². The van der Waals surface area contributed by atoms with Gasteiger partial charge in [-0.25, -0.2) is 9.29 Å². The maximum atomic E-state index is 14.3. The van der Waals surface area contributed by atoms with Gasteiger partial charge in [0.2, 0.25) is 11.8 Å². The van der Waals surface area contributed by atoms with E-state index >= 15 is 0 Å². The number of likely N-dealkylation sites (tertiary alicyclic amines) is 1.